The minimum absolute atomic E-state index is 0.918. The van der Waals surface area contributed by atoms with Gasteiger partial charge in [-0.3, -0.25) is 0 Å². The molecule has 0 spiro atoms. The average molecular weight is 432 g/mol. The first-order valence-corrected chi connectivity index (χ1v) is 7.50. The molecule has 0 bridgehead atoms. The first-order chi connectivity index (χ1) is 6.22. The molecule has 2 rings (SSSR count). The van der Waals surface area contributed by atoms with Gasteiger partial charge in [0, 0.05) is 28.8 Å². The molecule has 0 fully saturated rings. The number of fused-ring (bicyclic) bond motifs is 1. The van der Waals surface area contributed by atoms with Gasteiger partial charge >= 0.3 is 0 Å². The third-order valence-electron chi connectivity index (χ3n) is 1.80. The highest BCUT2D eigenvalue weighted by Gasteiger charge is 2.06. The van der Waals surface area contributed by atoms with E-state index in [0.717, 1.165) is 5.33 Å². The molecule has 0 saturated heterocycles. The summed E-state index contributed by atoms with van der Waals surface area (Å²) in [7, 11) is 0. The van der Waals surface area contributed by atoms with Crippen LogP contribution in [0.4, 0.5) is 0 Å². The molecule has 0 amide bonds. The van der Waals surface area contributed by atoms with Crippen LogP contribution in [-0.2, 0) is 5.33 Å². The van der Waals surface area contributed by atoms with Crippen LogP contribution < -0.4 is 0 Å². The molecule has 0 aliphatic heterocycles. The fourth-order valence-corrected chi connectivity index (χ4v) is 4.13. The third kappa shape index (κ3) is 1.96. The molecule has 0 N–H and O–H groups in total. The summed E-state index contributed by atoms with van der Waals surface area (Å²) in [6, 6.07) is 4.45. The van der Waals surface area contributed by atoms with E-state index in [1.807, 2.05) is 0 Å². The lowest BCUT2D eigenvalue weighted by Crippen LogP contribution is -1.79. The topological polar surface area (TPSA) is 0 Å². The number of halogens is 3. The highest BCUT2D eigenvalue weighted by molar-refractivity contribution is 14.1. The summed E-state index contributed by atoms with van der Waals surface area (Å²) in [5.74, 6) is 0. The van der Waals surface area contributed by atoms with Crippen molar-refractivity contribution < 1.29 is 0 Å². The van der Waals surface area contributed by atoms with Gasteiger partial charge in [0.1, 0.15) is 0 Å². The Morgan fingerprint density at radius 3 is 2.85 bits per heavy atom. The van der Waals surface area contributed by atoms with Crippen LogP contribution in [0, 0.1) is 3.57 Å². The van der Waals surface area contributed by atoms with Gasteiger partial charge in [0.25, 0.3) is 0 Å². The second-order valence-corrected chi connectivity index (χ2v) is 6.13. The normalized spacial score (nSPS) is 11.0. The van der Waals surface area contributed by atoms with Crippen molar-refractivity contribution in [3.05, 3.63) is 31.1 Å². The van der Waals surface area contributed by atoms with Crippen LogP contribution >= 0.6 is 65.8 Å². The van der Waals surface area contributed by atoms with Gasteiger partial charge in [-0.05, 0) is 56.2 Å². The lowest BCUT2D eigenvalue weighted by molar-refractivity contribution is 1.46. The number of hydrogen-bond donors (Lipinski definition) is 0. The van der Waals surface area contributed by atoms with Gasteiger partial charge in [-0.2, -0.15) is 0 Å². The molecule has 0 nitrogen and oxygen atoms in total. The summed E-state index contributed by atoms with van der Waals surface area (Å²) in [4.78, 5) is 0. The molecule has 2 aromatic rings. The first kappa shape index (κ1) is 10.4. The van der Waals surface area contributed by atoms with Gasteiger partial charge in [-0.15, -0.1) is 11.3 Å². The minimum Gasteiger partial charge on any atom is -0.141 e. The van der Waals surface area contributed by atoms with Crippen LogP contribution in [0.15, 0.2) is 22.0 Å². The van der Waals surface area contributed by atoms with E-state index in [4.69, 9.17) is 0 Å². The molecule has 1 aromatic carbocycles. The molecule has 4 heteroatoms. The van der Waals surface area contributed by atoms with Gasteiger partial charge in [-0.25, -0.2) is 0 Å². The molecular formula is C9H5Br2IS. The molecule has 0 saturated carbocycles. The van der Waals surface area contributed by atoms with Crippen molar-refractivity contribution in [2.45, 2.75) is 5.33 Å². The molecule has 0 unspecified atom stereocenters. The molecule has 0 atom stereocenters. The Labute approximate surface area is 111 Å². The molecule has 0 radical (unpaired) electrons. The Morgan fingerprint density at radius 2 is 2.15 bits per heavy atom. The van der Waals surface area contributed by atoms with E-state index in [1.54, 1.807) is 11.3 Å². The smallest absolute Gasteiger partial charge is 0.0488 e. The average Bonchev–Trinajstić information content (AvgIpc) is 2.48. The fraction of sp³-hybridized carbons (Fsp3) is 0.111. The quantitative estimate of drug-likeness (QED) is 0.432. The maximum Gasteiger partial charge on any atom is 0.0488 e. The van der Waals surface area contributed by atoms with Crippen molar-refractivity contribution in [1.82, 2.24) is 0 Å². The Balaban J connectivity index is 2.80. The highest BCUT2D eigenvalue weighted by atomic mass is 127. The van der Waals surface area contributed by atoms with E-state index in [-0.39, 0.29) is 0 Å². The second kappa shape index (κ2) is 4.16. The van der Waals surface area contributed by atoms with Gasteiger partial charge in [0.2, 0.25) is 0 Å². The SMILES string of the molecule is BrCc1cc(I)c2scc(Br)c2c1. The number of rotatable bonds is 1. The van der Waals surface area contributed by atoms with Crippen LogP contribution in [-0.4, -0.2) is 0 Å². The van der Waals surface area contributed by atoms with Crippen molar-refractivity contribution in [3.8, 4) is 0 Å². The Morgan fingerprint density at radius 1 is 1.38 bits per heavy atom. The number of benzene rings is 1. The summed E-state index contributed by atoms with van der Waals surface area (Å²) >= 11 is 11.2. The van der Waals surface area contributed by atoms with Crippen LogP contribution in [0.1, 0.15) is 5.56 Å². The second-order valence-electron chi connectivity index (χ2n) is 2.67. The van der Waals surface area contributed by atoms with Crippen LogP contribution in [0.25, 0.3) is 10.1 Å². The molecule has 13 heavy (non-hydrogen) atoms. The van der Waals surface area contributed by atoms with Crippen molar-refractivity contribution >= 4 is 75.9 Å². The number of thiophene rings is 1. The summed E-state index contributed by atoms with van der Waals surface area (Å²) in [5.41, 5.74) is 1.33. The monoisotopic (exact) mass is 430 g/mol. The van der Waals surface area contributed by atoms with Crippen LogP contribution in [0.2, 0.25) is 0 Å². The van der Waals surface area contributed by atoms with Gasteiger partial charge in [0.05, 0.1) is 0 Å². The molecule has 68 valence electrons. The van der Waals surface area contributed by atoms with Crippen LogP contribution in [0.5, 0.6) is 0 Å². The highest BCUT2D eigenvalue weighted by Crippen LogP contribution is 2.34. The van der Waals surface area contributed by atoms with Crippen molar-refractivity contribution in [2.24, 2.45) is 0 Å². The van der Waals surface area contributed by atoms with E-state index >= 15 is 0 Å². The number of alkyl halides is 1. The number of hydrogen-bond acceptors (Lipinski definition) is 1. The Hall–Kier alpha value is 0.870. The Bertz CT molecular complexity index is 450. The summed E-state index contributed by atoms with van der Waals surface area (Å²) in [5, 5.41) is 4.39. The lowest BCUT2D eigenvalue weighted by Gasteiger charge is -1.99. The summed E-state index contributed by atoms with van der Waals surface area (Å²) in [6.07, 6.45) is 0. The lowest BCUT2D eigenvalue weighted by atomic mass is 10.2. The van der Waals surface area contributed by atoms with Gasteiger partial charge in [0.15, 0.2) is 0 Å². The van der Waals surface area contributed by atoms with Crippen molar-refractivity contribution in [3.63, 3.8) is 0 Å². The molecular weight excluding hydrogens is 427 g/mol. The molecule has 0 aliphatic rings. The van der Waals surface area contributed by atoms with E-state index in [1.165, 1.54) is 23.7 Å². The van der Waals surface area contributed by atoms with Crippen LogP contribution in [0.3, 0.4) is 0 Å². The summed E-state index contributed by atoms with van der Waals surface area (Å²) in [6.45, 7) is 0. The van der Waals surface area contributed by atoms with Gasteiger partial charge < -0.3 is 0 Å². The van der Waals surface area contributed by atoms with E-state index in [0.29, 0.717) is 0 Å². The minimum atomic E-state index is 0.918. The molecule has 1 aromatic heterocycles. The Kier molecular flexibility index (Phi) is 3.33. The summed E-state index contributed by atoms with van der Waals surface area (Å²) < 4.78 is 3.91. The zero-order valence-electron chi connectivity index (χ0n) is 6.48. The van der Waals surface area contributed by atoms with Gasteiger partial charge in [-0.1, -0.05) is 15.9 Å². The maximum absolute atomic E-state index is 3.56. The zero-order valence-corrected chi connectivity index (χ0v) is 12.6. The first-order valence-electron chi connectivity index (χ1n) is 3.63. The van der Waals surface area contributed by atoms with Crippen molar-refractivity contribution in [2.75, 3.05) is 0 Å². The predicted octanol–water partition coefficient (Wildman–Crippen LogP) is 5.16. The predicted molar refractivity (Wildman–Crippen MR) is 74.9 cm³/mol. The fourth-order valence-electron chi connectivity index (χ4n) is 1.20. The van der Waals surface area contributed by atoms with Crippen molar-refractivity contribution in [1.29, 1.82) is 0 Å². The zero-order chi connectivity index (χ0) is 9.42. The molecule has 1 heterocycles. The van der Waals surface area contributed by atoms with E-state index in [2.05, 4.69) is 72.0 Å². The van der Waals surface area contributed by atoms with E-state index < -0.39 is 0 Å². The third-order valence-corrected chi connectivity index (χ3v) is 5.65. The standard InChI is InChI=1S/C9H5Br2IS/c10-3-5-1-6-7(11)4-13-9(6)8(12)2-5/h1-2,4H,3H2. The molecule has 0 aliphatic carbocycles. The van der Waals surface area contributed by atoms with E-state index in [9.17, 15) is 0 Å². The largest absolute Gasteiger partial charge is 0.141 e. The maximum atomic E-state index is 3.56.